The molecule has 0 saturated heterocycles. The second kappa shape index (κ2) is 6.70. The number of aromatic nitrogens is 1. The minimum atomic E-state index is -0.553. The van der Waals surface area contributed by atoms with Crippen molar-refractivity contribution >= 4 is 17.4 Å². The minimum absolute atomic E-state index is 0.201. The molecule has 1 amide bonds. The van der Waals surface area contributed by atoms with Gasteiger partial charge in [-0.3, -0.25) is 4.79 Å². The lowest BCUT2D eigenvalue weighted by atomic mass is 10.2. The van der Waals surface area contributed by atoms with E-state index in [0.717, 1.165) is 19.3 Å². The van der Waals surface area contributed by atoms with Gasteiger partial charge in [0, 0.05) is 13.2 Å². The number of unbranched alkanes of at least 4 members (excludes halogenated alkanes) is 2. The molecule has 0 fully saturated rings. The molecule has 6 N–H and O–H groups in total. The summed E-state index contributed by atoms with van der Waals surface area (Å²) >= 11 is 0. The monoisotopic (exact) mass is 238 g/mol. The van der Waals surface area contributed by atoms with Crippen molar-refractivity contribution in [3.05, 3.63) is 17.8 Å². The van der Waals surface area contributed by atoms with Crippen molar-refractivity contribution in [2.45, 2.75) is 19.3 Å². The Morgan fingerprint density at radius 2 is 2.18 bits per heavy atom. The van der Waals surface area contributed by atoms with Crippen LogP contribution in [0.3, 0.4) is 0 Å². The molecule has 0 atom stereocenters. The summed E-state index contributed by atoms with van der Waals surface area (Å²) in [5.41, 5.74) is 11.5. The molecule has 0 radical (unpaired) electrons. The molecule has 1 aromatic rings. The van der Waals surface area contributed by atoms with Gasteiger partial charge < -0.3 is 21.9 Å². The standard InChI is InChI=1S/C11H18N4O2/c12-8-6-9(10(13)17)11(15-7-8)14-4-2-1-3-5-16/h6-7,16H,1-5,12H2,(H2,13,17)(H,14,15). The van der Waals surface area contributed by atoms with Gasteiger partial charge in [0.25, 0.3) is 5.91 Å². The van der Waals surface area contributed by atoms with Crippen LogP contribution in [0.4, 0.5) is 11.5 Å². The number of aliphatic hydroxyl groups excluding tert-OH is 1. The Balaban J connectivity index is 2.55. The average molecular weight is 238 g/mol. The smallest absolute Gasteiger partial charge is 0.252 e. The second-order valence-electron chi connectivity index (χ2n) is 3.74. The lowest BCUT2D eigenvalue weighted by molar-refractivity contribution is 0.100. The van der Waals surface area contributed by atoms with E-state index >= 15 is 0 Å². The number of nitrogens with zero attached hydrogens (tertiary/aromatic N) is 1. The molecular weight excluding hydrogens is 220 g/mol. The topological polar surface area (TPSA) is 114 Å². The highest BCUT2D eigenvalue weighted by Crippen LogP contribution is 2.14. The first kappa shape index (κ1) is 13.2. The average Bonchev–Trinajstić information content (AvgIpc) is 2.30. The van der Waals surface area contributed by atoms with Crippen LogP contribution in [0.25, 0.3) is 0 Å². The number of aliphatic hydroxyl groups is 1. The van der Waals surface area contributed by atoms with Crippen molar-refractivity contribution in [1.82, 2.24) is 4.98 Å². The predicted molar refractivity (Wildman–Crippen MR) is 66.6 cm³/mol. The zero-order valence-electron chi connectivity index (χ0n) is 9.65. The van der Waals surface area contributed by atoms with Crippen LogP contribution in [-0.4, -0.2) is 29.1 Å². The van der Waals surface area contributed by atoms with Gasteiger partial charge >= 0.3 is 0 Å². The van der Waals surface area contributed by atoms with Crippen LogP contribution in [0.1, 0.15) is 29.6 Å². The van der Waals surface area contributed by atoms with Crippen molar-refractivity contribution in [2.75, 3.05) is 24.2 Å². The number of hydrogen-bond donors (Lipinski definition) is 4. The number of carbonyl (C=O) groups excluding carboxylic acids is 1. The fourth-order valence-corrected chi connectivity index (χ4v) is 1.43. The van der Waals surface area contributed by atoms with Crippen molar-refractivity contribution in [3.8, 4) is 0 Å². The third-order valence-corrected chi connectivity index (χ3v) is 2.30. The highest BCUT2D eigenvalue weighted by Gasteiger charge is 2.09. The molecule has 17 heavy (non-hydrogen) atoms. The van der Waals surface area contributed by atoms with Gasteiger partial charge in [-0.15, -0.1) is 0 Å². The van der Waals surface area contributed by atoms with Crippen LogP contribution in [0, 0.1) is 0 Å². The van der Waals surface area contributed by atoms with E-state index in [2.05, 4.69) is 10.3 Å². The van der Waals surface area contributed by atoms with E-state index in [9.17, 15) is 4.79 Å². The van der Waals surface area contributed by atoms with Crippen molar-refractivity contribution in [1.29, 1.82) is 0 Å². The summed E-state index contributed by atoms with van der Waals surface area (Å²) in [6.45, 7) is 0.879. The highest BCUT2D eigenvalue weighted by molar-refractivity contribution is 5.98. The fraction of sp³-hybridized carbons (Fsp3) is 0.455. The molecule has 0 bridgehead atoms. The Hall–Kier alpha value is -1.82. The van der Waals surface area contributed by atoms with Crippen LogP contribution >= 0.6 is 0 Å². The third-order valence-electron chi connectivity index (χ3n) is 2.30. The first-order valence-corrected chi connectivity index (χ1v) is 5.55. The number of nitrogens with one attached hydrogen (secondary N) is 1. The van der Waals surface area contributed by atoms with Crippen LogP contribution in [0.2, 0.25) is 0 Å². The zero-order chi connectivity index (χ0) is 12.7. The summed E-state index contributed by atoms with van der Waals surface area (Å²) in [7, 11) is 0. The van der Waals surface area contributed by atoms with Crippen molar-refractivity contribution in [2.24, 2.45) is 5.73 Å². The third kappa shape index (κ3) is 4.28. The van der Waals surface area contributed by atoms with Gasteiger partial charge in [0.2, 0.25) is 0 Å². The number of hydrogen-bond acceptors (Lipinski definition) is 5. The van der Waals surface area contributed by atoms with E-state index in [1.807, 2.05) is 0 Å². The number of nitrogens with two attached hydrogens (primary N) is 2. The van der Waals surface area contributed by atoms with Crippen LogP contribution < -0.4 is 16.8 Å². The molecule has 6 nitrogen and oxygen atoms in total. The number of rotatable bonds is 7. The molecule has 1 heterocycles. The molecule has 0 saturated carbocycles. The maximum atomic E-state index is 11.2. The van der Waals surface area contributed by atoms with Crippen molar-refractivity contribution < 1.29 is 9.90 Å². The van der Waals surface area contributed by atoms with Crippen LogP contribution in [0.5, 0.6) is 0 Å². The minimum Gasteiger partial charge on any atom is -0.397 e. The van der Waals surface area contributed by atoms with Gasteiger partial charge in [-0.25, -0.2) is 4.98 Å². The van der Waals surface area contributed by atoms with Gasteiger partial charge in [-0.2, -0.15) is 0 Å². The Bertz CT molecular complexity index is 382. The summed E-state index contributed by atoms with van der Waals surface area (Å²) in [4.78, 5) is 15.2. The molecule has 1 rings (SSSR count). The molecule has 0 aliphatic carbocycles. The van der Waals surface area contributed by atoms with Crippen molar-refractivity contribution in [3.63, 3.8) is 0 Å². The van der Waals surface area contributed by atoms with Gasteiger partial charge in [0.15, 0.2) is 0 Å². The van der Waals surface area contributed by atoms with Crippen LogP contribution in [0.15, 0.2) is 12.3 Å². The number of primary amides is 1. The summed E-state index contributed by atoms with van der Waals surface area (Å²) in [5.74, 6) is -0.0987. The normalized spacial score (nSPS) is 10.2. The van der Waals surface area contributed by atoms with E-state index in [0.29, 0.717) is 23.6 Å². The fourth-order valence-electron chi connectivity index (χ4n) is 1.43. The Morgan fingerprint density at radius 1 is 1.41 bits per heavy atom. The van der Waals surface area contributed by atoms with E-state index in [4.69, 9.17) is 16.6 Å². The quantitative estimate of drug-likeness (QED) is 0.511. The summed E-state index contributed by atoms with van der Waals surface area (Å²) in [6.07, 6.45) is 4.07. The highest BCUT2D eigenvalue weighted by atomic mass is 16.2. The van der Waals surface area contributed by atoms with E-state index < -0.39 is 5.91 Å². The van der Waals surface area contributed by atoms with Gasteiger partial charge in [0.05, 0.1) is 17.4 Å². The van der Waals surface area contributed by atoms with E-state index in [1.54, 1.807) is 0 Å². The largest absolute Gasteiger partial charge is 0.397 e. The number of pyridine rings is 1. The maximum Gasteiger partial charge on any atom is 0.252 e. The molecule has 0 aliphatic rings. The van der Waals surface area contributed by atoms with E-state index in [1.165, 1.54) is 12.3 Å². The van der Waals surface area contributed by atoms with Crippen LogP contribution in [-0.2, 0) is 0 Å². The molecular formula is C11H18N4O2. The number of nitrogen functional groups attached to an aromatic ring is 1. The lowest BCUT2D eigenvalue weighted by Gasteiger charge is -2.09. The summed E-state index contributed by atoms with van der Waals surface area (Å²) in [5, 5.41) is 11.7. The molecule has 0 spiro atoms. The second-order valence-corrected chi connectivity index (χ2v) is 3.74. The SMILES string of the molecule is NC(=O)c1cc(N)cnc1NCCCCCO. The van der Waals surface area contributed by atoms with Gasteiger partial charge in [-0.05, 0) is 25.3 Å². The Morgan fingerprint density at radius 3 is 2.82 bits per heavy atom. The Kier molecular flexibility index (Phi) is 5.22. The van der Waals surface area contributed by atoms with Gasteiger partial charge in [0.1, 0.15) is 5.82 Å². The number of carbonyl (C=O) groups is 1. The summed E-state index contributed by atoms with van der Waals surface area (Å²) in [6, 6.07) is 1.51. The molecule has 0 aromatic carbocycles. The maximum absolute atomic E-state index is 11.2. The summed E-state index contributed by atoms with van der Waals surface area (Å²) < 4.78 is 0. The lowest BCUT2D eigenvalue weighted by Crippen LogP contribution is -2.16. The number of amides is 1. The first-order valence-electron chi connectivity index (χ1n) is 5.55. The van der Waals surface area contributed by atoms with E-state index in [-0.39, 0.29) is 6.61 Å². The molecule has 0 unspecified atom stereocenters. The molecule has 6 heteroatoms. The number of anilines is 2. The first-order chi connectivity index (χ1) is 8.15. The molecule has 1 aromatic heterocycles. The molecule has 94 valence electrons. The zero-order valence-corrected chi connectivity index (χ0v) is 9.65. The molecule has 0 aliphatic heterocycles. The van der Waals surface area contributed by atoms with Gasteiger partial charge in [-0.1, -0.05) is 0 Å². The Labute approximate surface area is 100 Å². The predicted octanol–water partition coefficient (Wildman–Crippen LogP) is 0.337.